The van der Waals surface area contributed by atoms with E-state index in [4.69, 9.17) is 4.74 Å². The number of nitrogens with zero attached hydrogens (tertiary/aromatic N) is 3. The van der Waals surface area contributed by atoms with Gasteiger partial charge in [-0.05, 0) is 54.7 Å². The van der Waals surface area contributed by atoms with Crippen LogP contribution in [0.2, 0.25) is 0 Å². The van der Waals surface area contributed by atoms with Crippen molar-refractivity contribution in [2.24, 2.45) is 0 Å². The van der Waals surface area contributed by atoms with E-state index in [0.29, 0.717) is 13.0 Å². The molecule has 0 radical (unpaired) electrons. The smallest absolute Gasteiger partial charge is 0.375 e. The molecule has 11 heteroatoms. The summed E-state index contributed by atoms with van der Waals surface area (Å²) in [7, 11) is 1.98. The summed E-state index contributed by atoms with van der Waals surface area (Å²) in [5.74, 6) is 0. The fourth-order valence-corrected chi connectivity index (χ4v) is 4.52. The van der Waals surface area contributed by atoms with Crippen LogP contribution in [0.3, 0.4) is 0 Å². The Hall–Kier alpha value is -1.40. The number of nitrogens with one attached hydrogen (secondary N) is 2. The molecule has 2 fully saturated rings. The highest BCUT2D eigenvalue weighted by Gasteiger charge is 2.35. The first kappa shape index (κ1) is 20.9. The van der Waals surface area contributed by atoms with Gasteiger partial charge in [0, 0.05) is 22.9 Å². The molecule has 0 spiro atoms. The molecule has 2 aromatic heterocycles. The van der Waals surface area contributed by atoms with E-state index in [0.717, 1.165) is 36.4 Å². The van der Waals surface area contributed by atoms with Gasteiger partial charge in [-0.1, -0.05) is 0 Å². The fourth-order valence-electron chi connectivity index (χ4n) is 4.09. The van der Waals surface area contributed by atoms with Gasteiger partial charge in [0.05, 0.1) is 36.6 Å². The van der Waals surface area contributed by atoms with E-state index in [1.165, 1.54) is 17.0 Å². The molecule has 0 bridgehead atoms. The number of halogens is 4. The second kappa shape index (κ2) is 8.03. The summed E-state index contributed by atoms with van der Waals surface area (Å²) in [5, 5.41) is 0. The van der Waals surface area contributed by atoms with Crippen molar-refractivity contribution in [3.63, 3.8) is 0 Å². The van der Waals surface area contributed by atoms with Crippen molar-refractivity contribution in [3.8, 4) is 0 Å². The van der Waals surface area contributed by atoms with Crippen LogP contribution in [-0.4, -0.2) is 46.5 Å². The molecule has 1 saturated carbocycles. The van der Waals surface area contributed by atoms with Crippen LogP contribution in [0.4, 0.5) is 13.2 Å². The van der Waals surface area contributed by atoms with E-state index in [9.17, 15) is 18.0 Å². The second-order valence-corrected chi connectivity index (χ2v) is 8.59. The molecule has 160 valence electrons. The summed E-state index contributed by atoms with van der Waals surface area (Å²) in [5.41, 5.74) is 4.75. The lowest BCUT2D eigenvalue weighted by atomic mass is 9.92. The molecule has 2 N–H and O–H groups in total. The van der Waals surface area contributed by atoms with Crippen LogP contribution in [0.5, 0.6) is 0 Å². The Labute approximate surface area is 173 Å². The SMILES string of the molecule is CN1CNNC1COC1CCCC(n2cc3c(C(F)(F)F)cc(Br)cn3c2=O)C1. The van der Waals surface area contributed by atoms with Gasteiger partial charge in [0.25, 0.3) is 0 Å². The average molecular weight is 478 g/mol. The third kappa shape index (κ3) is 4.24. The summed E-state index contributed by atoms with van der Waals surface area (Å²) < 4.78 is 49.1. The maximum Gasteiger partial charge on any atom is 0.418 e. The van der Waals surface area contributed by atoms with E-state index < -0.39 is 17.4 Å². The largest absolute Gasteiger partial charge is 0.418 e. The summed E-state index contributed by atoms with van der Waals surface area (Å²) in [6, 6.07) is 0.818. The van der Waals surface area contributed by atoms with Gasteiger partial charge in [0.15, 0.2) is 0 Å². The molecule has 7 nitrogen and oxygen atoms in total. The zero-order chi connectivity index (χ0) is 20.8. The summed E-state index contributed by atoms with van der Waals surface area (Å²) in [6.07, 6.45) is 1.29. The molecule has 0 amide bonds. The van der Waals surface area contributed by atoms with E-state index in [-0.39, 0.29) is 28.3 Å². The van der Waals surface area contributed by atoms with Crippen LogP contribution < -0.4 is 16.5 Å². The number of aromatic nitrogens is 2. The number of pyridine rings is 1. The lowest BCUT2D eigenvalue weighted by Gasteiger charge is -2.30. The van der Waals surface area contributed by atoms with Crippen LogP contribution in [0.25, 0.3) is 5.52 Å². The van der Waals surface area contributed by atoms with E-state index in [1.54, 1.807) is 0 Å². The van der Waals surface area contributed by atoms with Gasteiger partial charge in [-0.15, -0.1) is 0 Å². The standard InChI is InChI=1S/C18H23BrF3N5O2/c1-25-10-23-24-16(25)9-29-13-4-2-3-12(6-13)26-8-15-14(18(20,21)22)5-11(19)7-27(15)17(26)28/h5,7-8,12-13,16,23-24H,2-4,6,9-10H2,1H3. The van der Waals surface area contributed by atoms with Gasteiger partial charge >= 0.3 is 11.9 Å². The van der Waals surface area contributed by atoms with Gasteiger partial charge in [-0.3, -0.25) is 13.9 Å². The predicted octanol–water partition coefficient (Wildman–Crippen LogP) is 2.71. The quantitative estimate of drug-likeness (QED) is 0.708. The molecular weight excluding hydrogens is 455 g/mol. The molecule has 3 heterocycles. The number of fused-ring (bicyclic) bond motifs is 1. The Morgan fingerprint density at radius 1 is 1.31 bits per heavy atom. The van der Waals surface area contributed by atoms with Gasteiger partial charge in [-0.25, -0.2) is 15.6 Å². The lowest BCUT2D eigenvalue weighted by Crippen LogP contribution is -2.41. The molecule has 1 aliphatic heterocycles. The van der Waals surface area contributed by atoms with Gasteiger partial charge in [0.1, 0.15) is 0 Å². The number of hydrogen-bond acceptors (Lipinski definition) is 5. The number of likely N-dealkylation sites (N-methyl/N-ethyl adjacent to an activating group) is 1. The third-order valence-electron chi connectivity index (χ3n) is 5.67. The van der Waals surface area contributed by atoms with Crippen molar-refractivity contribution in [1.29, 1.82) is 0 Å². The van der Waals surface area contributed by atoms with Crippen LogP contribution >= 0.6 is 15.9 Å². The third-order valence-corrected chi connectivity index (χ3v) is 6.11. The van der Waals surface area contributed by atoms with E-state index in [1.807, 2.05) is 7.05 Å². The normalized spacial score (nSPS) is 26.4. The molecule has 2 aliphatic rings. The molecule has 3 atom stereocenters. The minimum absolute atomic E-state index is 0.0340. The zero-order valence-corrected chi connectivity index (χ0v) is 17.5. The van der Waals surface area contributed by atoms with E-state index in [2.05, 4.69) is 31.7 Å². The molecule has 1 saturated heterocycles. The van der Waals surface area contributed by atoms with Crippen molar-refractivity contribution in [2.45, 2.75) is 50.2 Å². The lowest BCUT2D eigenvalue weighted by molar-refractivity contribution is -0.136. The Bertz CT molecular complexity index is 944. The molecule has 4 rings (SSSR count). The van der Waals surface area contributed by atoms with Crippen molar-refractivity contribution in [1.82, 2.24) is 24.7 Å². The van der Waals surface area contributed by atoms with E-state index >= 15 is 0 Å². The van der Waals surface area contributed by atoms with Gasteiger partial charge < -0.3 is 4.74 Å². The fraction of sp³-hybridized carbons (Fsp3) is 0.611. The summed E-state index contributed by atoms with van der Waals surface area (Å²) >= 11 is 3.08. The van der Waals surface area contributed by atoms with Gasteiger partial charge in [0.2, 0.25) is 0 Å². The number of rotatable bonds is 4. The molecule has 29 heavy (non-hydrogen) atoms. The molecule has 0 aromatic carbocycles. The van der Waals surface area contributed by atoms with Crippen LogP contribution in [0.15, 0.2) is 27.7 Å². The molecule has 3 unspecified atom stereocenters. The summed E-state index contributed by atoms with van der Waals surface area (Å²) in [4.78, 5) is 14.9. The monoisotopic (exact) mass is 477 g/mol. The average Bonchev–Trinajstić information content (AvgIpc) is 3.22. The van der Waals surface area contributed by atoms with Crippen LogP contribution in [0.1, 0.15) is 37.3 Å². The van der Waals surface area contributed by atoms with Crippen molar-refractivity contribution in [3.05, 3.63) is 39.0 Å². The minimum Gasteiger partial charge on any atom is -0.375 e. The molecule has 2 aromatic rings. The maximum atomic E-state index is 13.4. The van der Waals surface area contributed by atoms with Crippen LogP contribution in [0, 0.1) is 0 Å². The first-order valence-corrected chi connectivity index (χ1v) is 10.3. The maximum absolute atomic E-state index is 13.4. The Morgan fingerprint density at radius 2 is 2.10 bits per heavy atom. The van der Waals surface area contributed by atoms with Crippen LogP contribution in [-0.2, 0) is 10.9 Å². The Kier molecular flexibility index (Phi) is 5.77. The zero-order valence-electron chi connectivity index (χ0n) is 15.9. The number of ether oxygens (including phenoxy) is 1. The van der Waals surface area contributed by atoms with Crippen molar-refractivity contribution < 1.29 is 17.9 Å². The highest BCUT2D eigenvalue weighted by atomic mass is 79.9. The molecule has 1 aliphatic carbocycles. The van der Waals surface area contributed by atoms with Crippen molar-refractivity contribution in [2.75, 3.05) is 20.3 Å². The number of hydrogen-bond donors (Lipinski definition) is 2. The molecular formula is C18H23BrF3N5O2. The summed E-state index contributed by atoms with van der Waals surface area (Å²) in [6.45, 7) is 1.23. The number of alkyl halides is 3. The Balaban J connectivity index is 1.56. The van der Waals surface area contributed by atoms with Gasteiger partial charge in [-0.2, -0.15) is 13.2 Å². The Morgan fingerprint density at radius 3 is 2.79 bits per heavy atom. The topological polar surface area (TPSA) is 62.9 Å². The first-order valence-electron chi connectivity index (χ1n) is 9.54. The minimum atomic E-state index is -4.54. The number of imidazole rings is 1. The highest BCUT2D eigenvalue weighted by molar-refractivity contribution is 9.10. The second-order valence-electron chi connectivity index (χ2n) is 7.67. The highest BCUT2D eigenvalue weighted by Crippen LogP contribution is 2.35. The predicted molar refractivity (Wildman–Crippen MR) is 104 cm³/mol. The van der Waals surface area contributed by atoms with Crippen molar-refractivity contribution >= 4 is 21.4 Å². The number of hydrazine groups is 1. The first-order chi connectivity index (χ1) is 13.7.